The van der Waals surface area contributed by atoms with Gasteiger partial charge in [-0.25, -0.2) is 0 Å². The van der Waals surface area contributed by atoms with E-state index in [9.17, 15) is 14.4 Å². The van der Waals surface area contributed by atoms with Crippen LogP contribution in [0.4, 0.5) is 5.69 Å². The molecule has 0 spiro atoms. The number of aryl methyl sites for hydroxylation is 1. The van der Waals surface area contributed by atoms with Gasteiger partial charge in [0, 0.05) is 29.6 Å². The lowest BCUT2D eigenvalue weighted by Crippen LogP contribution is -2.23. The van der Waals surface area contributed by atoms with Crippen molar-refractivity contribution >= 4 is 23.3 Å². The van der Waals surface area contributed by atoms with E-state index in [1.54, 1.807) is 30.3 Å². The molecule has 1 aromatic heterocycles. The highest BCUT2D eigenvalue weighted by Crippen LogP contribution is 2.13. The third-order valence-electron chi connectivity index (χ3n) is 4.36. The SMILES string of the molecule is CC(=O)c1cccc(NC(=O)c2cc(C(=O)NCc3ccc(C)cc3)ccn2)c1. The minimum Gasteiger partial charge on any atom is -0.348 e. The van der Waals surface area contributed by atoms with E-state index in [2.05, 4.69) is 15.6 Å². The molecule has 6 nitrogen and oxygen atoms in total. The molecule has 3 aromatic rings. The second kappa shape index (κ2) is 8.93. The van der Waals surface area contributed by atoms with E-state index in [0.29, 0.717) is 23.4 Å². The molecule has 0 saturated carbocycles. The van der Waals surface area contributed by atoms with Crippen molar-refractivity contribution in [2.45, 2.75) is 20.4 Å². The molecule has 0 unspecified atom stereocenters. The molecule has 1 heterocycles. The fraction of sp³-hybridized carbons (Fsp3) is 0.130. The number of carbonyl (C=O) groups excluding carboxylic acids is 3. The standard InChI is InChI=1S/C23H21N3O3/c1-15-6-8-17(9-7-15)14-25-22(28)19-10-11-24-21(13-19)23(29)26-20-5-3-4-18(12-20)16(2)27/h3-13H,14H2,1-2H3,(H,25,28)(H,26,29). The summed E-state index contributed by atoms with van der Waals surface area (Å²) in [4.78, 5) is 40.4. The van der Waals surface area contributed by atoms with Crippen LogP contribution in [-0.2, 0) is 6.54 Å². The normalized spacial score (nSPS) is 10.3. The van der Waals surface area contributed by atoms with Gasteiger partial charge in [0.1, 0.15) is 5.69 Å². The van der Waals surface area contributed by atoms with E-state index in [1.807, 2.05) is 31.2 Å². The molecule has 0 fully saturated rings. The maximum Gasteiger partial charge on any atom is 0.274 e. The van der Waals surface area contributed by atoms with Crippen molar-refractivity contribution in [3.8, 4) is 0 Å². The van der Waals surface area contributed by atoms with E-state index in [0.717, 1.165) is 11.1 Å². The largest absolute Gasteiger partial charge is 0.348 e. The number of aromatic nitrogens is 1. The zero-order valence-corrected chi connectivity index (χ0v) is 16.2. The molecule has 0 saturated heterocycles. The predicted octanol–water partition coefficient (Wildman–Crippen LogP) is 3.77. The summed E-state index contributed by atoms with van der Waals surface area (Å²) in [5, 5.41) is 5.53. The monoisotopic (exact) mass is 387 g/mol. The predicted molar refractivity (Wildman–Crippen MR) is 111 cm³/mol. The lowest BCUT2D eigenvalue weighted by Gasteiger charge is -2.08. The highest BCUT2D eigenvalue weighted by molar-refractivity contribution is 6.05. The number of hydrogen-bond acceptors (Lipinski definition) is 4. The third-order valence-corrected chi connectivity index (χ3v) is 4.36. The molecular formula is C23H21N3O3. The zero-order valence-electron chi connectivity index (χ0n) is 16.2. The lowest BCUT2D eigenvalue weighted by atomic mass is 10.1. The quantitative estimate of drug-likeness (QED) is 0.630. The minimum atomic E-state index is -0.459. The van der Waals surface area contributed by atoms with Crippen LogP contribution in [0.25, 0.3) is 0 Å². The summed E-state index contributed by atoms with van der Waals surface area (Å²) in [6.45, 7) is 3.85. The zero-order chi connectivity index (χ0) is 20.8. The summed E-state index contributed by atoms with van der Waals surface area (Å²) in [6.07, 6.45) is 1.42. The maximum atomic E-state index is 12.5. The van der Waals surface area contributed by atoms with Crippen molar-refractivity contribution in [2.24, 2.45) is 0 Å². The van der Waals surface area contributed by atoms with Gasteiger partial charge >= 0.3 is 0 Å². The number of Topliss-reactive ketones (excluding diaryl/α,β-unsaturated/α-hetero) is 1. The van der Waals surface area contributed by atoms with E-state index >= 15 is 0 Å². The van der Waals surface area contributed by atoms with Crippen LogP contribution in [0.15, 0.2) is 66.9 Å². The maximum absolute atomic E-state index is 12.5. The molecule has 2 aromatic carbocycles. The summed E-state index contributed by atoms with van der Waals surface area (Å²) in [5.74, 6) is -0.842. The highest BCUT2D eigenvalue weighted by atomic mass is 16.2. The molecule has 0 radical (unpaired) electrons. The first-order chi connectivity index (χ1) is 13.9. The molecule has 0 bridgehead atoms. The first-order valence-electron chi connectivity index (χ1n) is 9.14. The number of pyridine rings is 1. The van der Waals surface area contributed by atoms with Crippen LogP contribution in [0.3, 0.4) is 0 Å². The van der Waals surface area contributed by atoms with Gasteiger partial charge < -0.3 is 10.6 Å². The van der Waals surface area contributed by atoms with Gasteiger partial charge in [-0.1, -0.05) is 42.0 Å². The summed E-state index contributed by atoms with van der Waals surface area (Å²) >= 11 is 0. The number of anilines is 1. The van der Waals surface area contributed by atoms with Gasteiger partial charge in [0.15, 0.2) is 5.78 Å². The molecule has 29 heavy (non-hydrogen) atoms. The van der Waals surface area contributed by atoms with Gasteiger partial charge in [-0.3, -0.25) is 19.4 Å². The smallest absolute Gasteiger partial charge is 0.274 e. The van der Waals surface area contributed by atoms with E-state index in [-0.39, 0.29) is 17.4 Å². The Morgan fingerprint density at radius 1 is 0.897 bits per heavy atom. The minimum absolute atomic E-state index is 0.0912. The number of benzene rings is 2. The number of nitrogens with one attached hydrogen (secondary N) is 2. The van der Waals surface area contributed by atoms with Crippen LogP contribution in [0.2, 0.25) is 0 Å². The highest BCUT2D eigenvalue weighted by Gasteiger charge is 2.13. The summed E-state index contributed by atoms with van der Waals surface area (Å²) in [6, 6.07) is 17.5. The van der Waals surface area contributed by atoms with Crippen molar-refractivity contribution in [1.29, 1.82) is 0 Å². The average molecular weight is 387 g/mol. The fourth-order valence-electron chi connectivity index (χ4n) is 2.70. The van der Waals surface area contributed by atoms with Crippen molar-refractivity contribution in [1.82, 2.24) is 10.3 Å². The Kier molecular flexibility index (Phi) is 6.14. The molecule has 2 N–H and O–H groups in total. The molecule has 0 aliphatic carbocycles. The van der Waals surface area contributed by atoms with Gasteiger partial charge in [-0.2, -0.15) is 0 Å². The summed E-state index contributed by atoms with van der Waals surface area (Å²) in [5.41, 5.74) is 3.58. The molecule has 2 amide bonds. The third kappa shape index (κ3) is 5.35. The Balaban J connectivity index is 1.67. The first kappa shape index (κ1) is 19.9. The van der Waals surface area contributed by atoms with Crippen LogP contribution < -0.4 is 10.6 Å². The second-order valence-corrected chi connectivity index (χ2v) is 6.69. The Morgan fingerprint density at radius 2 is 1.66 bits per heavy atom. The first-order valence-corrected chi connectivity index (χ1v) is 9.14. The Bertz CT molecular complexity index is 1060. The van der Waals surface area contributed by atoms with Gasteiger partial charge in [0.25, 0.3) is 11.8 Å². The van der Waals surface area contributed by atoms with Gasteiger partial charge in [-0.15, -0.1) is 0 Å². The van der Waals surface area contributed by atoms with Gasteiger partial charge in [0.2, 0.25) is 0 Å². The van der Waals surface area contributed by atoms with Crippen LogP contribution in [0, 0.1) is 6.92 Å². The number of hydrogen-bond donors (Lipinski definition) is 2. The van der Waals surface area contributed by atoms with Crippen LogP contribution >= 0.6 is 0 Å². The number of amides is 2. The summed E-state index contributed by atoms with van der Waals surface area (Å²) < 4.78 is 0. The second-order valence-electron chi connectivity index (χ2n) is 6.69. The Labute approximate surface area is 169 Å². The fourth-order valence-corrected chi connectivity index (χ4v) is 2.70. The number of ketones is 1. The number of carbonyl (C=O) groups is 3. The number of nitrogens with zero attached hydrogens (tertiary/aromatic N) is 1. The van der Waals surface area contributed by atoms with Gasteiger partial charge in [-0.05, 0) is 43.7 Å². The van der Waals surface area contributed by atoms with Crippen LogP contribution in [0.5, 0.6) is 0 Å². The topological polar surface area (TPSA) is 88.2 Å². The van der Waals surface area contributed by atoms with Crippen molar-refractivity contribution in [3.05, 3.63) is 94.8 Å². The van der Waals surface area contributed by atoms with Crippen molar-refractivity contribution in [3.63, 3.8) is 0 Å². The molecule has 146 valence electrons. The molecular weight excluding hydrogens is 366 g/mol. The van der Waals surface area contributed by atoms with Crippen molar-refractivity contribution in [2.75, 3.05) is 5.32 Å². The van der Waals surface area contributed by atoms with Crippen LogP contribution in [0.1, 0.15) is 49.3 Å². The van der Waals surface area contributed by atoms with E-state index in [1.165, 1.54) is 19.2 Å². The van der Waals surface area contributed by atoms with Crippen molar-refractivity contribution < 1.29 is 14.4 Å². The van der Waals surface area contributed by atoms with Gasteiger partial charge in [0.05, 0.1) is 0 Å². The molecule has 0 atom stereocenters. The molecule has 6 heteroatoms. The molecule has 0 aliphatic rings. The lowest BCUT2D eigenvalue weighted by molar-refractivity contribution is 0.0949. The van der Waals surface area contributed by atoms with E-state index < -0.39 is 5.91 Å². The Morgan fingerprint density at radius 3 is 2.38 bits per heavy atom. The van der Waals surface area contributed by atoms with Crippen LogP contribution in [-0.4, -0.2) is 22.6 Å². The molecule has 0 aliphatic heterocycles. The summed E-state index contributed by atoms with van der Waals surface area (Å²) in [7, 11) is 0. The average Bonchev–Trinajstić information content (AvgIpc) is 2.73. The number of rotatable bonds is 6. The Hall–Kier alpha value is -3.80. The van der Waals surface area contributed by atoms with E-state index in [4.69, 9.17) is 0 Å². The molecule has 3 rings (SSSR count).